The van der Waals surface area contributed by atoms with Gasteiger partial charge in [0.2, 0.25) is 5.91 Å². The summed E-state index contributed by atoms with van der Waals surface area (Å²) in [6.07, 6.45) is -4.37. The number of carbonyl (C=O) groups is 1. The van der Waals surface area contributed by atoms with E-state index in [9.17, 15) is 18.0 Å². The van der Waals surface area contributed by atoms with E-state index in [1.165, 1.54) is 12.1 Å². The van der Waals surface area contributed by atoms with Gasteiger partial charge in [0, 0.05) is 19.0 Å². The van der Waals surface area contributed by atoms with E-state index in [1.54, 1.807) is 20.0 Å². The van der Waals surface area contributed by atoms with Crippen molar-refractivity contribution in [1.29, 1.82) is 0 Å². The lowest BCUT2D eigenvalue weighted by Gasteiger charge is -2.18. The van der Waals surface area contributed by atoms with Gasteiger partial charge in [0.25, 0.3) is 0 Å². The predicted molar refractivity (Wildman–Crippen MR) is 76.0 cm³/mol. The van der Waals surface area contributed by atoms with Crippen LogP contribution in [0.15, 0.2) is 24.3 Å². The SMILES string of the molecule is CNC(C)CNC(=O)CC(C)c1ccccc1C(F)(F)F. The number of rotatable bonds is 6. The number of nitrogens with one attached hydrogen (secondary N) is 2. The molecule has 0 fully saturated rings. The number of hydrogen-bond acceptors (Lipinski definition) is 2. The smallest absolute Gasteiger partial charge is 0.355 e. The number of amides is 1. The van der Waals surface area contributed by atoms with Crippen LogP contribution in [0.4, 0.5) is 13.2 Å². The van der Waals surface area contributed by atoms with Crippen LogP contribution >= 0.6 is 0 Å². The van der Waals surface area contributed by atoms with Gasteiger partial charge in [-0.2, -0.15) is 13.2 Å². The van der Waals surface area contributed by atoms with Crippen LogP contribution in [0.3, 0.4) is 0 Å². The summed E-state index contributed by atoms with van der Waals surface area (Å²) in [6, 6.07) is 5.51. The van der Waals surface area contributed by atoms with E-state index in [1.807, 2.05) is 6.92 Å². The number of hydrogen-bond donors (Lipinski definition) is 2. The molecular formula is C15H21F3N2O. The molecule has 1 rings (SSSR count). The molecule has 0 spiro atoms. The Morgan fingerprint density at radius 3 is 2.43 bits per heavy atom. The van der Waals surface area contributed by atoms with Crippen LogP contribution in [0.1, 0.15) is 37.3 Å². The van der Waals surface area contributed by atoms with Gasteiger partial charge in [0.15, 0.2) is 0 Å². The van der Waals surface area contributed by atoms with Crippen LogP contribution in [-0.2, 0) is 11.0 Å². The average molecular weight is 302 g/mol. The largest absolute Gasteiger partial charge is 0.416 e. The highest BCUT2D eigenvalue weighted by molar-refractivity contribution is 5.76. The zero-order valence-corrected chi connectivity index (χ0v) is 12.4. The molecule has 1 aromatic rings. The van der Waals surface area contributed by atoms with E-state index in [-0.39, 0.29) is 23.9 Å². The fourth-order valence-electron chi connectivity index (χ4n) is 2.01. The first-order valence-corrected chi connectivity index (χ1v) is 6.85. The normalized spacial score (nSPS) is 14.6. The fourth-order valence-corrected chi connectivity index (χ4v) is 2.01. The van der Waals surface area contributed by atoms with Crippen molar-refractivity contribution in [2.75, 3.05) is 13.6 Å². The summed E-state index contributed by atoms with van der Waals surface area (Å²) in [7, 11) is 1.78. The first kappa shape index (κ1) is 17.5. The van der Waals surface area contributed by atoms with E-state index in [0.717, 1.165) is 6.07 Å². The topological polar surface area (TPSA) is 41.1 Å². The minimum atomic E-state index is -4.40. The molecule has 0 heterocycles. The molecule has 0 aromatic heterocycles. The molecule has 3 nitrogen and oxygen atoms in total. The van der Waals surface area contributed by atoms with Gasteiger partial charge in [0.1, 0.15) is 0 Å². The summed E-state index contributed by atoms with van der Waals surface area (Å²) in [5.41, 5.74) is -0.518. The van der Waals surface area contributed by atoms with Gasteiger partial charge in [-0.25, -0.2) is 0 Å². The zero-order chi connectivity index (χ0) is 16.0. The van der Waals surface area contributed by atoms with Crippen molar-refractivity contribution < 1.29 is 18.0 Å². The Morgan fingerprint density at radius 1 is 1.24 bits per heavy atom. The van der Waals surface area contributed by atoms with E-state index in [4.69, 9.17) is 0 Å². The second-order valence-electron chi connectivity index (χ2n) is 5.18. The van der Waals surface area contributed by atoms with E-state index in [2.05, 4.69) is 10.6 Å². The summed E-state index contributed by atoms with van der Waals surface area (Å²) in [5.74, 6) is -0.741. The Kier molecular flexibility index (Phi) is 6.20. The molecule has 0 aliphatic heterocycles. The van der Waals surface area contributed by atoms with E-state index >= 15 is 0 Å². The highest BCUT2D eigenvalue weighted by atomic mass is 19.4. The highest BCUT2D eigenvalue weighted by Crippen LogP contribution is 2.35. The molecule has 2 unspecified atom stereocenters. The Labute approximate surface area is 122 Å². The molecule has 1 aromatic carbocycles. The van der Waals surface area contributed by atoms with Crippen molar-refractivity contribution in [3.05, 3.63) is 35.4 Å². The Morgan fingerprint density at radius 2 is 1.86 bits per heavy atom. The molecule has 0 aliphatic carbocycles. The maximum Gasteiger partial charge on any atom is 0.416 e. The van der Waals surface area contributed by atoms with Gasteiger partial charge >= 0.3 is 6.18 Å². The molecule has 21 heavy (non-hydrogen) atoms. The first-order chi connectivity index (χ1) is 9.75. The van der Waals surface area contributed by atoms with Gasteiger partial charge in [-0.3, -0.25) is 4.79 Å². The lowest BCUT2D eigenvalue weighted by Crippen LogP contribution is -2.37. The van der Waals surface area contributed by atoms with Crippen LogP contribution in [0.25, 0.3) is 0 Å². The first-order valence-electron chi connectivity index (χ1n) is 6.85. The molecule has 0 saturated carbocycles. The van der Waals surface area contributed by atoms with Crippen molar-refractivity contribution >= 4 is 5.91 Å². The lowest BCUT2D eigenvalue weighted by molar-refractivity contribution is -0.138. The molecular weight excluding hydrogens is 281 g/mol. The van der Waals surface area contributed by atoms with Gasteiger partial charge < -0.3 is 10.6 Å². The molecule has 1 amide bonds. The molecule has 2 atom stereocenters. The minimum absolute atomic E-state index is 0.0313. The van der Waals surface area contributed by atoms with Crippen LogP contribution in [0.2, 0.25) is 0 Å². The number of benzene rings is 1. The lowest BCUT2D eigenvalue weighted by atomic mass is 9.92. The maximum absolute atomic E-state index is 12.9. The van der Waals surface area contributed by atoms with Gasteiger partial charge in [-0.05, 0) is 31.5 Å². The van der Waals surface area contributed by atoms with Crippen LogP contribution < -0.4 is 10.6 Å². The quantitative estimate of drug-likeness (QED) is 0.848. The van der Waals surface area contributed by atoms with Crippen molar-refractivity contribution in [2.24, 2.45) is 0 Å². The average Bonchev–Trinajstić information content (AvgIpc) is 2.43. The third-order valence-electron chi connectivity index (χ3n) is 3.39. The molecule has 0 saturated heterocycles. The van der Waals surface area contributed by atoms with Crippen LogP contribution in [-0.4, -0.2) is 25.5 Å². The van der Waals surface area contributed by atoms with Crippen molar-refractivity contribution in [1.82, 2.24) is 10.6 Å². The van der Waals surface area contributed by atoms with Gasteiger partial charge in [-0.1, -0.05) is 25.1 Å². The second kappa shape index (κ2) is 7.45. The number of carbonyl (C=O) groups excluding carboxylic acids is 1. The van der Waals surface area contributed by atoms with Crippen molar-refractivity contribution in [2.45, 2.75) is 38.4 Å². The number of halogens is 3. The van der Waals surface area contributed by atoms with E-state index in [0.29, 0.717) is 6.54 Å². The Balaban J connectivity index is 2.72. The molecule has 118 valence electrons. The summed E-state index contributed by atoms with van der Waals surface area (Å²) in [6.45, 7) is 3.98. The third-order valence-corrected chi connectivity index (χ3v) is 3.39. The predicted octanol–water partition coefficient (Wildman–Crippen LogP) is 2.92. The molecule has 6 heteroatoms. The number of alkyl halides is 3. The van der Waals surface area contributed by atoms with E-state index < -0.39 is 17.7 Å². The van der Waals surface area contributed by atoms with Crippen molar-refractivity contribution in [3.8, 4) is 0 Å². The highest BCUT2D eigenvalue weighted by Gasteiger charge is 2.34. The Hall–Kier alpha value is -1.56. The van der Waals surface area contributed by atoms with Crippen LogP contribution in [0.5, 0.6) is 0 Å². The molecule has 0 bridgehead atoms. The summed E-state index contributed by atoms with van der Waals surface area (Å²) in [4.78, 5) is 11.8. The standard InChI is InChI=1S/C15H21F3N2O/c1-10(8-14(21)20-9-11(2)19-3)12-6-4-5-7-13(12)15(16,17)18/h4-7,10-11,19H,8-9H2,1-3H3,(H,20,21). The molecule has 2 N–H and O–H groups in total. The second-order valence-corrected chi connectivity index (χ2v) is 5.18. The van der Waals surface area contributed by atoms with Gasteiger partial charge in [-0.15, -0.1) is 0 Å². The zero-order valence-electron chi connectivity index (χ0n) is 12.4. The van der Waals surface area contributed by atoms with Crippen molar-refractivity contribution in [3.63, 3.8) is 0 Å². The summed E-state index contributed by atoms with van der Waals surface area (Å²) < 4.78 is 38.8. The fraction of sp³-hybridized carbons (Fsp3) is 0.533. The third kappa shape index (κ3) is 5.38. The minimum Gasteiger partial charge on any atom is -0.355 e. The molecule has 0 aliphatic rings. The summed E-state index contributed by atoms with van der Waals surface area (Å²) in [5, 5.41) is 5.68. The van der Waals surface area contributed by atoms with Crippen LogP contribution in [0, 0.1) is 0 Å². The summed E-state index contributed by atoms with van der Waals surface area (Å²) >= 11 is 0. The van der Waals surface area contributed by atoms with Gasteiger partial charge in [0.05, 0.1) is 5.56 Å². The number of likely N-dealkylation sites (N-methyl/N-ethyl adjacent to an activating group) is 1. The monoisotopic (exact) mass is 302 g/mol. The maximum atomic E-state index is 12.9. The molecule has 0 radical (unpaired) electrons. The Bertz CT molecular complexity index is 474.